The van der Waals surface area contributed by atoms with Crippen LogP contribution < -0.4 is 0 Å². The third-order valence-electron chi connectivity index (χ3n) is 11.6. The Morgan fingerprint density at radius 1 is 0.517 bits per heavy atom. The molecule has 2 unspecified atom stereocenters. The lowest BCUT2D eigenvalue weighted by molar-refractivity contribution is -0.305. The Morgan fingerprint density at radius 2 is 0.950 bits per heavy atom. The summed E-state index contributed by atoms with van der Waals surface area (Å²) >= 11 is 0. The molecule has 1 fully saturated rings. The van der Waals surface area contributed by atoms with Crippen molar-refractivity contribution in [2.24, 2.45) is 0 Å². The van der Waals surface area contributed by atoms with Gasteiger partial charge in [-0.15, -0.1) is 0 Å². The second-order valence-electron chi connectivity index (χ2n) is 17.3. The van der Waals surface area contributed by atoms with Crippen LogP contribution in [-0.2, 0) is 28.5 Å². The van der Waals surface area contributed by atoms with Gasteiger partial charge in [-0.1, -0.05) is 199 Å². The van der Waals surface area contributed by atoms with E-state index < -0.39 is 49.4 Å². The van der Waals surface area contributed by atoms with Gasteiger partial charge in [0.15, 0.2) is 12.4 Å². The average Bonchev–Trinajstić information content (AvgIpc) is 3.25. The number of ether oxygens (including phenoxy) is 4. The van der Waals surface area contributed by atoms with Gasteiger partial charge in [-0.25, -0.2) is 0 Å². The van der Waals surface area contributed by atoms with E-state index in [-0.39, 0.29) is 32.0 Å². The Kier molecular flexibility index (Phi) is 38.6. The number of rotatable bonds is 42. The minimum Gasteiger partial charge on any atom is -0.462 e. The van der Waals surface area contributed by atoms with E-state index in [1.54, 1.807) is 0 Å². The van der Waals surface area contributed by atoms with Crippen LogP contribution in [0.15, 0.2) is 24.3 Å². The molecule has 10 nitrogen and oxygen atoms in total. The number of carbonyl (C=O) groups is 2. The lowest BCUT2D eigenvalue weighted by Gasteiger charge is -2.39. The molecule has 1 heterocycles. The number of carbonyl (C=O) groups excluding carboxylic acids is 2. The van der Waals surface area contributed by atoms with E-state index in [0.29, 0.717) is 6.42 Å². The summed E-state index contributed by atoms with van der Waals surface area (Å²) in [5.41, 5.74) is 0. The zero-order chi connectivity index (χ0) is 43.7. The van der Waals surface area contributed by atoms with Crippen LogP contribution in [0.2, 0.25) is 0 Å². The molecule has 1 aliphatic heterocycles. The van der Waals surface area contributed by atoms with Crippen molar-refractivity contribution in [3.63, 3.8) is 0 Å². The van der Waals surface area contributed by atoms with Crippen molar-refractivity contribution in [2.75, 3.05) is 19.8 Å². The van der Waals surface area contributed by atoms with Gasteiger partial charge in [0.05, 0.1) is 13.2 Å². The molecule has 6 atom stereocenters. The number of allylic oxidation sites excluding steroid dienone is 4. The Bertz CT molecular complexity index is 1030. The molecule has 0 aromatic heterocycles. The maximum absolute atomic E-state index is 12.8. The van der Waals surface area contributed by atoms with E-state index in [2.05, 4.69) is 38.2 Å². The molecule has 0 aliphatic carbocycles. The van der Waals surface area contributed by atoms with Crippen LogP contribution in [0.4, 0.5) is 0 Å². The molecular weight excluding hydrogens is 761 g/mol. The maximum atomic E-state index is 12.8. The Balaban J connectivity index is 2.25. The lowest BCUT2D eigenvalue weighted by Crippen LogP contribution is -2.59. The molecular formula is C50H92O10. The van der Waals surface area contributed by atoms with Crippen molar-refractivity contribution in [3.8, 4) is 0 Å². The molecule has 0 radical (unpaired) electrons. The second-order valence-corrected chi connectivity index (χ2v) is 17.3. The molecule has 60 heavy (non-hydrogen) atoms. The monoisotopic (exact) mass is 853 g/mol. The topological polar surface area (TPSA) is 152 Å². The molecule has 10 heteroatoms. The molecule has 4 N–H and O–H groups in total. The van der Waals surface area contributed by atoms with Crippen molar-refractivity contribution in [1.82, 2.24) is 0 Å². The van der Waals surface area contributed by atoms with Gasteiger partial charge in [-0.05, 0) is 38.5 Å². The summed E-state index contributed by atoms with van der Waals surface area (Å²) in [7, 11) is 0. The van der Waals surface area contributed by atoms with Gasteiger partial charge in [0.25, 0.3) is 0 Å². The third-order valence-corrected chi connectivity index (χ3v) is 11.6. The predicted molar refractivity (Wildman–Crippen MR) is 243 cm³/mol. The molecule has 0 aromatic carbocycles. The van der Waals surface area contributed by atoms with Crippen molar-refractivity contribution in [1.29, 1.82) is 0 Å². The molecule has 0 saturated carbocycles. The number of hydrogen-bond donors (Lipinski definition) is 4. The van der Waals surface area contributed by atoms with Gasteiger partial charge in [-0.3, -0.25) is 9.59 Å². The lowest BCUT2D eigenvalue weighted by atomic mass is 9.99. The first kappa shape index (κ1) is 56.2. The highest BCUT2D eigenvalue weighted by Crippen LogP contribution is 2.23. The second kappa shape index (κ2) is 41.2. The van der Waals surface area contributed by atoms with E-state index in [0.717, 1.165) is 64.2 Å². The third kappa shape index (κ3) is 31.9. The van der Waals surface area contributed by atoms with Gasteiger partial charge >= 0.3 is 11.9 Å². The number of unbranched alkanes of at least 4 members (excludes halogenated alkanes) is 27. The number of esters is 2. The summed E-state index contributed by atoms with van der Waals surface area (Å²) in [6.45, 7) is 3.40. The van der Waals surface area contributed by atoms with Gasteiger partial charge in [0, 0.05) is 12.8 Å². The summed E-state index contributed by atoms with van der Waals surface area (Å²) < 4.78 is 22.2. The number of aliphatic hydroxyl groups is 4. The van der Waals surface area contributed by atoms with Crippen LogP contribution in [0.25, 0.3) is 0 Å². The largest absolute Gasteiger partial charge is 0.462 e. The van der Waals surface area contributed by atoms with Crippen molar-refractivity contribution in [3.05, 3.63) is 24.3 Å². The fourth-order valence-electron chi connectivity index (χ4n) is 7.62. The summed E-state index contributed by atoms with van der Waals surface area (Å²) in [4.78, 5) is 25.4. The smallest absolute Gasteiger partial charge is 0.306 e. The molecule has 1 aliphatic rings. The maximum Gasteiger partial charge on any atom is 0.306 e. The van der Waals surface area contributed by atoms with E-state index in [4.69, 9.17) is 18.9 Å². The van der Waals surface area contributed by atoms with E-state index in [1.165, 1.54) is 128 Å². The van der Waals surface area contributed by atoms with Gasteiger partial charge in [0.2, 0.25) is 0 Å². The summed E-state index contributed by atoms with van der Waals surface area (Å²) in [6.07, 6.45) is 39.0. The zero-order valence-corrected chi connectivity index (χ0v) is 38.5. The van der Waals surface area contributed by atoms with E-state index in [1.807, 2.05) is 0 Å². The van der Waals surface area contributed by atoms with Crippen LogP contribution in [0, 0.1) is 0 Å². The van der Waals surface area contributed by atoms with Gasteiger partial charge < -0.3 is 39.4 Å². The molecule has 1 rings (SSSR count). The SMILES string of the molecule is CCCC/C=C/C/C=C/CCCCCCCC(=O)O[C@@H](COC(=O)CCCCCCCCCCCCCCCCCCCCCCC)CO[C@H]1O[C@@H](CO)[C@@H](O)C(O)C1O. The normalized spacial score (nSPS) is 20.0. The van der Waals surface area contributed by atoms with Crippen LogP contribution in [0.1, 0.15) is 226 Å². The first-order valence-corrected chi connectivity index (χ1v) is 24.9. The van der Waals surface area contributed by atoms with E-state index in [9.17, 15) is 30.0 Å². The minimum absolute atomic E-state index is 0.216. The zero-order valence-electron chi connectivity index (χ0n) is 38.5. The molecule has 1 saturated heterocycles. The highest BCUT2D eigenvalue weighted by Gasteiger charge is 2.44. The summed E-state index contributed by atoms with van der Waals surface area (Å²) in [6, 6.07) is 0. The molecule has 0 aromatic rings. The van der Waals surface area contributed by atoms with Crippen LogP contribution >= 0.6 is 0 Å². The number of hydrogen-bond acceptors (Lipinski definition) is 10. The fourth-order valence-corrected chi connectivity index (χ4v) is 7.62. The highest BCUT2D eigenvalue weighted by atomic mass is 16.7. The molecule has 0 amide bonds. The molecule has 0 bridgehead atoms. The molecule has 0 spiro atoms. The standard InChI is InChI=1S/C50H92O10/c1-3-5-7-9-11-13-15-17-19-20-21-22-23-24-25-27-28-30-32-34-36-38-45(52)57-41-43(42-58-50-49(56)48(55)47(54)44(40-51)60-50)59-46(53)39-37-35-33-31-29-26-18-16-14-12-10-8-6-4-2/h10,12,16,18,43-44,47-51,54-56H,3-9,11,13-15,17,19-42H2,1-2H3/b12-10+,18-16+/t43-,44-,47+,48?,49?,50-/m0/s1. The van der Waals surface area contributed by atoms with Crippen molar-refractivity contribution >= 4 is 11.9 Å². The summed E-state index contributed by atoms with van der Waals surface area (Å²) in [5, 5.41) is 40.1. The number of aliphatic hydroxyl groups excluding tert-OH is 4. The van der Waals surface area contributed by atoms with Crippen molar-refractivity contribution < 1.29 is 49.0 Å². The Morgan fingerprint density at radius 3 is 1.43 bits per heavy atom. The first-order valence-electron chi connectivity index (χ1n) is 24.9. The van der Waals surface area contributed by atoms with Crippen LogP contribution in [0.5, 0.6) is 0 Å². The first-order chi connectivity index (χ1) is 29.3. The minimum atomic E-state index is -1.60. The van der Waals surface area contributed by atoms with Crippen LogP contribution in [0.3, 0.4) is 0 Å². The molecule has 352 valence electrons. The average molecular weight is 853 g/mol. The quantitative estimate of drug-likeness (QED) is 0.0265. The van der Waals surface area contributed by atoms with E-state index >= 15 is 0 Å². The van der Waals surface area contributed by atoms with Gasteiger partial charge in [0.1, 0.15) is 31.0 Å². The van der Waals surface area contributed by atoms with Crippen LogP contribution in [-0.4, -0.2) is 89.0 Å². The fraction of sp³-hybridized carbons (Fsp3) is 0.880. The Hall–Kier alpha value is -1.82. The van der Waals surface area contributed by atoms with Crippen molar-refractivity contribution in [2.45, 2.75) is 263 Å². The predicted octanol–water partition coefficient (Wildman–Crippen LogP) is 11.3. The summed E-state index contributed by atoms with van der Waals surface area (Å²) in [5.74, 6) is -0.812. The van der Waals surface area contributed by atoms with Gasteiger partial charge in [-0.2, -0.15) is 0 Å². The Labute approximate surface area is 366 Å². The highest BCUT2D eigenvalue weighted by molar-refractivity contribution is 5.70.